The summed E-state index contributed by atoms with van der Waals surface area (Å²) in [5.74, 6) is -10.6. The van der Waals surface area contributed by atoms with E-state index in [2.05, 4.69) is 0 Å². The number of fused-ring (bicyclic) bond motifs is 1. The molecule has 5 rings (SSSR count). The molecule has 0 fully saturated rings. The van der Waals surface area contributed by atoms with Crippen molar-refractivity contribution in [1.82, 2.24) is 0 Å². The van der Waals surface area contributed by atoms with E-state index >= 15 is 0 Å². The molecule has 1 aliphatic rings. The van der Waals surface area contributed by atoms with Crippen LogP contribution in [0.4, 0.5) is 0 Å². The molecule has 9 N–H and O–H groups in total. The van der Waals surface area contributed by atoms with E-state index in [0.29, 0.717) is 5.56 Å². The first kappa shape index (κ1) is 36.4. The molecular weight excluding hydrogens is 684 g/mol. The highest BCUT2D eigenvalue weighted by Crippen LogP contribution is 2.50. The molecule has 0 unspecified atom stereocenters. The van der Waals surface area contributed by atoms with E-state index in [4.69, 9.17) is 9.47 Å². The van der Waals surface area contributed by atoms with Crippen molar-refractivity contribution in [2.75, 3.05) is 0 Å². The minimum Gasteiger partial charge on any atom is -0.508 e. The lowest BCUT2D eigenvalue weighted by Crippen LogP contribution is -2.32. The van der Waals surface area contributed by atoms with E-state index in [0.717, 1.165) is 30.3 Å². The lowest BCUT2D eigenvalue weighted by atomic mass is 9.85. The Balaban J connectivity index is 1.47. The van der Waals surface area contributed by atoms with Crippen molar-refractivity contribution in [3.8, 4) is 40.2 Å². The third kappa shape index (κ3) is 7.94. The van der Waals surface area contributed by atoms with Crippen LogP contribution in [-0.4, -0.2) is 82.0 Å². The highest BCUT2D eigenvalue weighted by Gasteiger charge is 2.44. The summed E-state index contributed by atoms with van der Waals surface area (Å²) in [6.45, 7) is 0. The summed E-state index contributed by atoms with van der Waals surface area (Å²) in [7, 11) is 0. The van der Waals surface area contributed by atoms with E-state index in [9.17, 15) is 65.1 Å². The van der Waals surface area contributed by atoms with Crippen LogP contribution in [0.1, 0.15) is 45.2 Å². The standard InChI is InChI=1S/C37H32O15/c38-23-8-3-19(5-10-32(45)51-30(35(46)47)13-17-1-6-24(39)27(42)11-17)33-22(23)16-21(20-4-9-26(41)29(44)15-20)34(33)37(50)52-31(36(48)49)14-18-2-7-25(40)28(43)12-18/h1-12,15,21,30-31,34,38-44H,13-14,16H2,(H,46,47)(H,48,49)/b10-5+/t21-,30-,31-,34+/m1/s1. The van der Waals surface area contributed by atoms with Gasteiger partial charge in [-0.25, -0.2) is 14.4 Å². The molecule has 1 aliphatic carbocycles. The van der Waals surface area contributed by atoms with Crippen LogP contribution in [0.2, 0.25) is 0 Å². The van der Waals surface area contributed by atoms with Gasteiger partial charge in [0.2, 0.25) is 12.2 Å². The summed E-state index contributed by atoms with van der Waals surface area (Å²) < 4.78 is 10.6. The Kier molecular flexibility index (Phi) is 10.4. The third-order valence-corrected chi connectivity index (χ3v) is 8.57. The molecule has 0 aliphatic heterocycles. The first-order valence-corrected chi connectivity index (χ1v) is 15.6. The molecule has 4 atom stereocenters. The summed E-state index contributed by atoms with van der Waals surface area (Å²) in [5.41, 5.74) is 1.28. The van der Waals surface area contributed by atoms with Crippen molar-refractivity contribution in [3.05, 3.63) is 106 Å². The van der Waals surface area contributed by atoms with Crippen molar-refractivity contribution in [1.29, 1.82) is 0 Å². The van der Waals surface area contributed by atoms with Gasteiger partial charge in [-0.05, 0) is 88.3 Å². The van der Waals surface area contributed by atoms with Gasteiger partial charge in [-0.3, -0.25) is 4.79 Å². The summed E-state index contributed by atoms with van der Waals surface area (Å²) in [6, 6.07) is 13.6. The van der Waals surface area contributed by atoms with Gasteiger partial charge in [-0.15, -0.1) is 0 Å². The predicted molar refractivity (Wildman–Crippen MR) is 178 cm³/mol. The smallest absolute Gasteiger partial charge is 0.345 e. The van der Waals surface area contributed by atoms with Gasteiger partial charge >= 0.3 is 23.9 Å². The van der Waals surface area contributed by atoms with Gasteiger partial charge in [-0.1, -0.05) is 24.3 Å². The average Bonchev–Trinajstić information content (AvgIpc) is 3.50. The monoisotopic (exact) mass is 716 g/mol. The van der Waals surface area contributed by atoms with Crippen molar-refractivity contribution in [3.63, 3.8) is 0 Å². The highest BCUT2D eigenvalue weighted by atomic mass is 16.6. The second kappa shape index (κ2) is 14.9. The zero-order chi connectivity index (χ0) is 37.9. The molecule has 0 saturated heterocycles. The van der Waals surface area contributed by atoms with E-state index in [1.54, 1.807) is 0 Å². The first-order valence-electron chi connectivity index (χ1n) is 15.6. The van der Waals surface area contributed by atoms with Crippen molar-refractivity contribution < 1.29 is 74.6 Å². The minimum absolute atomic E-state index is 0.0403. The Morgan fingerprint density at radius 1 is 0.635 bits per heavy atom. The van der Waals surface area contributed by atoms with Gasteiger partial charge in [-0.2, -0.15) is 0 Å². The molecule has 0 aromatic heterocycles. The fourth-order valence-electron chi connectivity index (χ4n) is 6.03. The number of hydrogen-bond acceptors (Lipinski definition) is 13. The maximum absolute atomic E-state index is 14.0. The molecule has 0 radical (unpaired) electrons. The molecule has 52 heavy (non-hydrogen) atoms. The number of aromatic hydroxyl groups is 7. The van der Waals surface area contributed by atoms with Crippen LogP contribution in [-0.2, 0) is 47.9 Å². The third-order valence-electron chi connectivity index (χ3n) is 8.57. The van der Waals surface area contributed by atoms with Crippen molar-refractivity contribution >= 4 is 30.0 Å². The molecule has 0 bridgehead atoms. The number of carbonyl (C=O) groups is 4. The van der Waals surface area contributed by atoms with Gasteiger partial charge in [0.05, 0.1) is 5.92 Å². The molecule has 0 spiro atoms. The summed E-state index contributed by atoms with van der Waals surface area (Å²) in [4.78, 5) is 51.0. The Morgan fingerprint density at radius 2 is 1.13 bits per heavy atom. The van der Waals surface area contributed by atoms with Crippen LogP contribution in [0.3, 0.4) is 0 Å². The fraction of sp³-hybridized carbons (Fsp3) is 0.189. The second-order valence-electron chi connectivity index (χ2n) is 12.0. The maximum Gasteiger partial charge on any atom is 0.345 e. The van der Waals surface area contributed by atoms with Crippen LogP contribution in [0, 0.1) is 0 Å². The number of esters is 2. The number of aliphatic carboxylic acids is 2. The zero-order valence-electron chi connectivity index (χ0n) is 26.9. The topological polar surface area (TPSA) is 269 Å². The summed E-state index contributed by atoms with van der Waals surface area (Å²) in [5, 5.41) is 89.4. The lowest BCUT2D eigenvalue weighted by Gasteiger charge is -2.23. The van der Waals surface area contributed by atoms with Crippen LogP contribution < -0.4 is 0 Å². The lowest BCUT2D eigenvalue weighted by molar-refractivity contribution is -0.165. The number of carbonyl (C=O) groups excluding carboxylic acids is 2. The maximum atomic E-state index is 14.0. The van der Waals surface area contributed by atoms with Crippen LogP contribution in [0.25, 0.3) is 6.08 Å². The fourth-order valence-corrected chi connectivity index (χ4v) is 6.03. The van der Waals surface area contributed by atoms with Crippen LogP contribution >= 0.6 is 0 Å². The molecule has 0 heterocycles. The number of rotatable bonds is 12. The predicted octanol–water partition coefficient (Wildman–Crippen LogP) is 3.54. The van der Waals surface area contributed by atoms with E-state index < -0.39 is 88.8 Å². The first-order chi connectivity index (χ1) is 24.6. The zero-order valence-corrected chi connectivity index (χ0v) is 26.9. The quantitative estimate of drug-likeness (QED) is 0.0576. The SMILES string of the molecule is O=C(/C=C/c1ccc(O)c2c1[C@@H](C(=O)O[C@H](Cc1ccc(O)c(O)c1)C(=O)O)[C@@H](c1ccc(O)c(O)c1)C2)O[C@H](Cc1ccc(O)c(O)c1)C(=O)O. The molecule has 0 amide bonds. The van der Waals surface area contributed by atoms with Gasteiger partial charge in [0, 0.05) is 24.8 Å². The molecule has 15 nitrogen and oxygen atoms in total. The molecular formula is C37H32O15. The molecule has 4 aromatic carbocycles. The number of hydrogen-bond donors (Lipinski definition) is 9. The number of ether oxygens (including phenoxy) is 2. The number of phenols is 7. The Hall–Kier alpha value is -6.90. The van der Waals surface area contributed by atoms with Gasteiger partial charge < -0.3 is 55.4 Å². The summed E-state index contributed by atoms with van der Waals surface area (Å²) >= 11 is 0. The largest absolute Gasteiger partial charge is 0.508 e. The molecule has 0 saturated carbocycles. The minimum atomic E-state index is -1.79. The number of carboxylic acids is 2. The second-order valence-corrected chi connectivity index (χ2v) is 12.0. The van der Waals surface area contributed by atoms with Gasteiger partial charge in [0.25, 0.3) is 0 Å². The highest BCUT2D eigenvalue weighted by molar-refractivity contribution is 5.91. The van der Waals surface area contributed by atoms with E-state index in [1.807, 2.05) is 0 Å². The van der Waals surface area contributed by atoms with Crippen LogP contribution in [0.15, 0.2) is 72.8 Å². The number of phenolic OH excluding ortho intramolecular Hbond substituents is 7. The van der Waals surface area contributed by atoms with Crippen molar-refractivity contribution in [2.24, 2.45) is 0 Å². The molecule has 15 heteroatoms. The van der Waals surface area contributed by atoms with Gasteiger partial charge in [0.1, 0.15) is 5.75 Å². The normalized spacial score (nSPS) is 16.2. The van der Waals surface area contributed by atoms with Crippen LogP contribution in [0.5, 0.6) is 40.2 Å². The molecule has 270 valence electrons. The van der Waals surface area contributed by atoms with E-state index in [1.165, 1.54) is 48.5 Å². The number of benzene rings is 4. The summed E-state index contributed by atoms with van der Waals surface area (Å²) in [6.07, 6.45) is -2.21. The van der Waals surface area contributed by atoms with E-state index in [-0.39, 0.29) is 46.4 Å². The van der Waals surface area contributed by atoms with Gasteiger partial charge in [0.15, 0.2) is 34.5 Å². The Labute approximate surface area is 294 Å². The molecule has 4 aromatic rings. The average molecular weight is 717 g/mol. The Bertz CT molecular complexity index is 2090. The Morgan fingerprint density at radius 3 is 1.65 bits per heavy atom. The number of carboxylic acid groups (broad SMARTS) is 2. The van der Waals surface area contributed by atoms with Crippen molar-refractivity contribution in [2.45, 2.75) is 43.3 Å².